The standard InChI is InChI=1S/C52H34N4/c1-3-13-35(14-4-1)45-19-11-21-47(53-45)37-25-29-39(30-26-37)55-49-23-9-7-17-41(49)43-34-52-44(33-51(43)55)42-18-8-10-24-50(42)56(52)40-31-27-38(28-32-40)48-22-12-20-46(54-48)36-15-5-2-6-16-36/h1-34H. The number of para-hydroxylation sites is 2. The van der Waals surface area contributed by atoms with Crippen LogP contribution >= 0.6 is 0 Å². The number of nitrogens with zero attached hydrogens (tertiary/aromatic N) is 4. The van der Waals surface area contributed by atoms with E-state index in [1.54, 1.807) is 0 Å². The van der Waals surface area contributed by atoms with Crippen molar-refractivity contribution < 1.29 is 0 Å². The van der Waals surface area contributed by atoms with Gasteiger partial charge in [0.25, 0.3) is 0 Å². The highest BCUT2D eigenvalue weighted by atomic mass is 15.0. The van der Waals surface area contributed by atoms with E-state index in [0.29, 0.717) is 0 Å². The molecule has 4 nitrogen and oxygen atoms in total. The molecular formula is C52H34N4. The maximum atomic E-state index is 5.02. The van der Waals surface area contributed by atoms with Gasteiger partial charge in [0.15, 0.2) is 0 Å². The minimum Gasteiger partial charge on any atom is -0.309 e. The summed E-state index contributed by atoms with van der Waals surface area (Å²) in [4.78, 5) is 10.0. The molecule has 4 heteroatoms. The molecule has 0 atom stereocenters. The molecule has 0 radical (unpaired) electrons. The second kappa shape index (κ2) is 13.1. The zero-order chi connectivity index (χ0) is 37.0. The fourth-order valence-corrected chi connectivity index (χ4v) is 8.28. The highest BCUT2D eigenvalue weighted by molar-refractivity contribution is 6.19. The summed E-state index contributed by atoms with van der Waals surface area (Å²) in [5, 5.41) is 4.89. The summed E-state index contributed by atoms with van der Waals surface area (Å²) in [6, 6.07) is 73.1. The largest absolute Gasteiger partial charge is 0.309 e. The molecule has 4 aromatic heterocycles. The molecule has 0 unspecified atom stereocenters. The van der Waals surface area contributed by atoms with E-state index < -0.39 is 0 Å². The van der Waals surface area contributed by atoms with Gasteiger partial charge in [-0.25, -0.2) is 9.97 Å². The number of pyridine rings is 2. The first-order valence-corrected chi connectivity index (χ1v) is 19.0. The molecule has 0 aliphatic carbocycles. The minimum atomic E-state index is 0.958. The maximum absolute atomic E-state index is 5.02. The van der Waals surface area contributed by atoms with Crippen molar-refractivity contribution in [1.82, 2.24) is 19.1 Å². The molecule has 0 saturated heterocycles. The Bertz CT molecular complexity index is 2990. The predicted molar refractivity (Wildman–Crippen MR) is 232 cm³/mol. The van der Waals surface area contributed by atoms with Crippen LogP contribution in [0.2, 0.25) is 0 Å². The van der Waals surface area contributed by atoms with E-state index in [4.69, 9.17) is 9.97 Å². The summed E-state index contributed by atoms with van der Waals surface area (Å²) >= 11 is 0. The van der Waals surface area contributed by atoms with Crippen molar-refractivity contribution in [3.05, 3.63) is 206 Å². The van der Waals surface area contributed by atoms with E-state index in [9.17, 15) is 0 Å². The fraction of sp³-hybridized carbons (Fsp3) is 0. The first kappa shape index (κ1) is 31.9. The third-order valence-electron chi connectivity index (χ3n) is 10.9. The Morgan fingerprint density at radius 3 is 0.982 bits per heavy atom. The Kier molecular flexibility index (Phi) is 7.46. The topological polar surface area (TPSA) is 35.6 Å². The molecule has 0 amide bonds. The molecular weight excluding hydrogens is 681 g/mol. The molecule has 0 bridgehead atoms. The van der Waals surface area contributed by atoms with Crippen LogP contribution in [-0.4, -0.2) is 19.1 Å². The summed E-state index contributed by atoms with van der Waals surface area (Å²) in [5.74, 6) is 0. The van der Waals surface area contributed by atoms with Crippen molar-refractivity contribution in [3.63, 3.8) is 0 Å². The zero-order valence-corrected chi connectivity index (χ0v) is 30.4. The first-order chi connectivity index (χ1) is 27.8. The van der Waals surface area contributed by atoms with Crippen molar-refractivity contribution >= 4 is 43.6 Å². The number of fused-ring (bicyclic) bond motifs is 6. The number of hydrogen-bond donors (Lipinski definition) is 0. The highest BCUT2D eigenvalue weighted by Crippen LogP contribution is 2.40. The molecule has 0 spiro atoms. The zero-order valence-electron chi connectivity index (χ0n) is 30.4. The summed E-state index contributed by atoms with van der Waals surface area (Å²) in [5.41, 5.74) is 15.2. The van der Waals surface area contributed by atoms with Crippen LogP contribution in [0, 0.1) is 0 Å². The van der Waals surface area contributed by atoms with Crippen LogP contribution in [0.5, 0.6) is 0 Å². The van der Waals surface area contributed by atoms with E-state index in [1.807, 2.05) is 12.1 Å². The van der Waals surface area contributed by atoms with Crippen LogP contribution < -0.4 is 0 Å². The SMILES string of the molecule is c1ccc(-c2cccc(-c3ccc(-n4c5ccccc5c5cc6c(cc54)c4ccccc4n6-c4ccc(-c5cccc(-c6ccccc6)n5)cc4)cc3)n2)cc1. The second-order valence-electron chi connectivity index (χ2n) is 14.2. The maximum Gasteiger partial charge on any atom is 0.0709 e. The van der Waals surface area contributed by atoms with Gasteiger partial charge in [0, 0.05) is 55.2 Å². The number of rotatable bonds is 6. The quantitative estimate of drug-likeness (QED) is 0.172. The molecule has 11 aromatic rings. The lowest BCUT2D eigenvalue weighted by molar-refractivity contribution is 1.17. The van der Waals surface area contributed by atoms with E-state index in [1.165, 1.54) is 43.6 Å². The Morgan fingerprint density at radius 2 is 0.589 bits per heavy atom. The molecule has 4 heterocycles. The van der Waals surface area contributed by atoms with Crippen molar-refractivity contribution in [2.75, 3.05) is 0 Å². The molecule has 11 rings (SSSR count). The normalized spacial score (nSPS) is 11.6. The minimum absolute atomic E-state index is 0.958. The van der Waals surface area contributed by atoms with Gasteiger partial charge < -0.3 is 9.13 Å². The lowest BCUT2D eigenvalue weighted by Crippen LogP contribution is -1.95. The lowest BCUT2D eigenvalue weighted by atomic mass is 10.1. The Hall–Kier alpha value is -7.56. The highest BCUT2D eigenvalue weighted by Gasteiger charge is 2.19. The van der Waals surface area contributed by atoms with Gasteiger partial charge in [-0.05, 0) is 72.8 Å². The van der Waals surface area contributed by atoms with Crippen LogP contribution in [-0.2, 0) is 0 Å². The number of benzene rings is 7. The molecule has 7 aromatic carbocycles. The number of hydrogen-bond acceptors (Lipinski definition) is 2. The Labute approximate surface area is 324 Å². The molecule has 0 aliphatic heterocycles. The number of aromatic nitrogens is 4. The van der Waals surface area contributed by atoms with E-state index in [0.717, 1.165) is 56.4 Å². The van der Waals surface area contributed by atoms with Gasteiger partial charge in [-0.3, -0.25) is 0 Å². The average Bonchev–Trinajstić information content (AvgIpc) is 3.78. The van der Waals surface area contributed by atoms with Gasteiger partial charge >= 0.3 is 0 Å². The molecule has 0 aliphatic rings. The predicted octanol–water partition coefficient (Wildman–Crippen LogP) is 13.3. The van der Waals surface area contributed by atoms with Gasteiger partial charge in [0.05, 0.1) is 44.8 Å². The van der Waals surface area contributed by atoms with Crippen LogP contribution in [0.3, 0.4) is 0 Å². The Balaban J connectivity index is 1.02. The average molecular weight is 715 g/mol. The summed E-state index contributed by atoms with van der Waals surface area (Å²) in [6.07, 6.45) is 0. The van der Waals surface area contributed by atoms with Gasteiger partial charge in [-0.1, -0.05) is 133 Å². The van der Waals surface area contributed by atoms with Gasteiger partial charge in [-0.2, -0.15) is 0 Å². The second-order valence-corrected chi connectivity index (χ2v) is 14.2. The van der Waals surface area contributed by atoms with E-state index in [2.05, 4.69) is 203 Å². The fourth-order valence-electron chi connectivity index (χ4n) is 8.28. The van der Waals surface area contributed by atoms with Crippen LogP contribution in [0.1, 0.15) is 0 Å². The summed E-state index contributed by atoms with van der Waals surface area (Å²) in [6.45, 7) is 0. The molecule has 0 N–H and O–H groups in total. The molecule has 56 heavy (non-hydrogen) atoms. The summed E-state index contributed by atoms with van der Waals surface area (Å²) in [7, 11) is 0. The van der Waals surface area contributed by atoms with Crippen molar-refractivity contribution in [2.24, 2.45) is 0 Å². The first-order valence-electron chi connectivity index (χ1n) is 19.0. The summed E-state index contributed by atoms with van der Waals surface area (Å²) < 4.78 is 4.80. The van der Waals surface area contributed by atoms with E-state index >= 15 is 0 Å². The van der Waals surface area contributed by atoms with Gasteiger partial charge in [0.2, 0.25) is 0 Å². The third-order valence-corrected chi connectivity index (χ3v) is 10.9. The lowest BCUT2D eigenvalue weighted by Gasteiger charge is -2.11. The molecule has 0 fully saturated rings. The monoisotopic (exact) mass is 714 g/mol. The van der Waals surface area contributed by atoms with Gasteiger partial charge in [0.1, 0.15) is 0 Å². The van der Waals surface area contributed by atoms with Crippen LogP contribution in [0.15, 0.2) is 206 Å². The van der Waals surface area contributed by atoms with Gasteiger partial charge in [-0.15, -0.1) is 0 Å². The smallest absolute Gasteiger partial charge is 0.0709 e. The van der Waals surface area contributed by atoms with Crippen molar-refractivity contribution in [3.8, 4) is 56.4 Å². The third kappa shape index (κ3) is 5.31. The Morgan fingerprint density at radius 1 is 0.250 bits per heavy atom. The molecule has 0 saturated carbocycles. The molecule has 262 valence electrons. The van der Waals surface area contributed by atoms with Crippen molar-refractivity contribution in [2.45, 2.75) is 0 Å². The van der Waals surface area contributed by atoms with Crippen molar-refractivity contribution in [1.29, 1.82) is 0 Å². The van der Waals surface area contributed by atoms with Crippen LogP contribution in [0.25, 0.3) is 100 Å². The van der Waals surface area contributed by atoms with Crippen LogP contribution in [0.4, 0.5) is 0 Å². The van der Waals surface area contributed by atoms with E-state index in [-0.39, 0.29) is 0 Å².